The van der Waals surface area contributed by atoms with Crippen molar-refractivity contribution in [3.05, 3.63) is 24.3 Å². The number of nitrogens with one attached hydrogen (secondary N) is 2. The first-order valence-corrected chi connectivity index (χ1v) is 8.07. The van der Waals surface area contributed by atoms with Crippen LogP contribution in [0.4, 0.5) is 10.5 Å². The van der Waals surface area contributed by atoms with Crippen molar-refractivity contribution in [2.45, 2.75) is 33.3 Å². The maximum absolute atomic E-state index is 11.7. The summed E-state index contributed by atoms with van der Waals surface area (Å²) in [5.41, 5.74) is 0.523. The Bertz CT molecular complexity index is 466. The number of amides is 1. The van der Waals surface area contributed by atoms with E-state index in [-0.39, 0.29) is 12.5 Å². The lowest BCUT2D eigenvalue weighted by atomic mass is 10.2. The smallest absolute Gasteiger partial charge is 0.411 e. The van der Waals surface area contributed by atoms with E-state index in [4.69, 9.17) is 9.47 Å². The molecular formula is C17H28N2O4. The molecular weight excluding hydrogens is 296 g/mol. The summed E-state index contributed by atoms with van der Waals surface area (Å²) >= 11 is 0. The highest BCUT2D eigenvalue weighted by Gasteiger charge is 2.11. The SMILES string of the molecule is CCCNCC(O)COc1ccccc1NC(=O)OCC(C)C. The van der Waals surface area contributed by atoms with Crippen LogP contribution in [0.1, 0.15) is 27.2 Å². The molecule has 0 bridgehead atoms. The second-order valence-electron chi connectivity index (χ2n) is 5.78. The second kappa shape index (κ2) is 10.9. The number of rotatable bonds is 10. The monoisotopic (exact) mass is 324 g/mol. The summed E-state index contributed by atoms with van der Waals surface area (Å²) in [5, 5.41) is 15.6. The van der Waals surface area contributed by atoms with Crippen LogP contribution in [-0.2, 0) is 4.74 Å². The van der Waals surface area contributed by atoms with E-state index < -0.39 is 12.2 Å². The highest BCUT2D eigenvalue weighted by molar-refractivity contribution is 5.86. The van der Waals surface area contributed by atoms with E-state index in [9.17, 15) is 9.90 Å². The van der Waals surface area contributed by atoms with Crippen molar-refractivity contribution in [3.8, 4) is 5.75 Å². The zero-order chi connectivity index (χ0) is 17.1. The Morgan fingerprint density at radius 3 is 2.70 bits per heavy atom. The van der Waals surface area contributed by atoms with Crippen molar-refractivity contribution in [1.29, 1.82) is 0 Å². The first-order valence-electron chi connectivity index (χ1n) is 8.07. The van der Waals surface area contributed by atoms with Gasteiger partial charge in [0.25, 0.3) is 0 Å². The molecule has 0 aromatic heterocycles. The molecule has 0 spiro atoms. The molecule has 0 saturated heterocycles. The van der Waals surface area contributed by atoms with Crippen LogP contribution in [0.2, 0.25) is 0 Å². The van der Waals surface area contributed by atoms with Crippen LogP contribution in [0, 0.1) is 5.92 Å². The number of para-hydroxylation sites is 2. The van der Waals surface area contributed by atoms with Crippen LogP contribution in [-0.4, -0.2) is 43.6 Å². The van der Waals surface area contributed by atoms with E-state index in [0.717, 1.165) is 13.0 Å². The number of benzene rings is 1. The molecule has 23 heavy (non-hydrogen) atoms. The predicted octanol–water partition coefficient (Wildman–Crippen LogP) is 2.63. The van der Waals surface area contributed by atoms with Gasteiger partial charge in [-0.1, -0.05) is 32.9 Å². The maximum atomic E-state index is 11.7. The Balaban J connectivity index is 2.48. The number of aliphatic hydroxyl groups is 1. The fourth-order valence-electron chi connectivity index (χ4n) is 1.77. The number of anilines is 1. The van der Waals surface area contributed by atoms with Crippen molar-refractivity contribution in [3.63, 3.8) is 0 Å². The number of carbonyl (C=O) groups is 1. The van der Waals surface area contributed by atoms with Crippen LogP contribution in [0.5, 0.6) is 5.75 Å². The average molecular weight is 324 g/mol. The molecule has 6 nitrogen and oxygen atoms in total. The van der Waals surface area contributed by atoms with Gasteiger partial charge in [-0.05, 0) is 31.0 Å². The van der Waals surface area contributed by atoms with Crippen molar-refractivity contribution in [2.75, 3.05) is 31.6 Å². The summed E-state index contributed by atoms with van der Waals surface area (Å²) in [5.74, 6) is 0.779. The van der Waals surface area contributed by atoms with Crippen molar-refractivity contribution >= 4 is 11.8 Å². The van der Waals surface area contributed by atoms with Crippen molar-refractivity contribution in [2.24, 2.45) is 5.92 Å². The summed E-state index contributed by atoms with van der Waals surface area (Å²) in [4.78, 5) is 11.7. The molecule has 0 heterocycles. The van der Waals surface area contributed by atoms with Gasteiger partial charge in [-0.2, -0.15) is 0 Å². The summed E-state index contributed by atoms with van der Waals surface area (Å²) in [6.07, 6.45) is -0.110. The van der Waals surface area contributed by atoms with Gasteiger partial charge in [-0.25, -0.2) is 4.79 Å². The van der Waals surface area contributed by atoms with Gasteiger partial charge in [-0.15, -0.1) is 0 Å². The lowest BCUT2D eigenvalue weighted by molar-refractivity contribution is 0.107. The third-order valence-electron chi connectivity index (χ3n) is 2.91. The largest absolute Gasteiger partial charge is 0.489 e. The summed E-state index contributed by atoms with van der Waals surface area (Å²) in [6, 6.07) is 7.07. The zero-order valence-electron chi connectivity index (χ0n) is 14.2. The third kappa shape index (κ3) is 8.42. The van der Waals surface area contributed by atoms with E-state index >= 15 is 0 Å². The van der Waals surface area contributed by atoms with Gasteiger partial charge in [0.05, 0.1) is 12.3 Å². The molecule has 0 aliphatic heterocycles. The van der Waals surface area contributed by atoms with E-state index in [1.165, 1.54) is 0 Å². The zero-order valence-corrected chi connectivity index (χ0v) is 14.2. The van der Waals surface area contributed by atoms with Crippen LogP contribution < -0.4 is 15.4 Å². The Hall–Kier alpha value is -1.79. The van der Waals surface area contributed by atoms with Crippen molar-refractivity contribution < 1.29 is 19.4 Å². The van der Waals surface area contributed by atoms with Crippen molar-refractivity contribution in [1.82, 2.24) is 5.32 Å². The third-order valence-corrected chi connectivity index (χ3v) is 2.91. The average Bonchev–Trinajstić information content (AvgIpc) is 2.52. The van der Waals surface area contributed by atoms with Crippen LogP contribution in [0.25, 0.3) is 0 Å². The van der Waals surface area contributed by atoms with Gasteiger partial charge < -0.3 is 19.9 Å². The number of hydrogen-bond acceptors (Lipinski definition) is 5. The standard InChI is InChI=1S/C17H28N2O4/c1-4-9-18-10-14(20)12-22-16-8-6-5-7-15(16)19-17(21)23-11-13(2)3/h5-8,13-14,18,20H,4,9-12H2,1-3H3,(H,19,21). The molecule has 1 amide bonds. The molecule has 0 aliphatic carbocycles. The molecule has 0 fully saturated rings. The van der Waals surface area contributed by atoms with Gasteiger partial charge in [0.2, 0.25) is 0 Å². The minimum atomic E-state index is -0.609. The molecule has 1 unspecified atom stereocenters. The number of ether oxygens (including phenoxy) is 2. The topological polar surface area (TPSA) is 79.8 Å². The Morgan fingerprint density at radius 2 is 2.00 bits per heavy atom. The fraction of sp³-hybridized carbons (Fsp3) is 0.588. The summed E-state index contributed by atoms with van der Waals surface area (Å²) in [7, 11) is 0. The van der Waals surface area contributed by atoms with E-state index in [0.29, 0.717) is 24.6 Å². The molecule has 0 radical (unpaired) electrons. The fourth-order valence-corrected chi connectivity index (χ4v) is 1.77. The van der Waals surface area contributed by atoms with Gasteiger partial charge in [0.15, 0.2) is 0 Å². The van der Waals surface area contributed by atoms with E-state index in [1.54, 1.807) is 18.2 Å². The van der Waals surface area contributed by atoms with Gasteiger partial charge in [-0.3, -0.25) is 5.32 Å². The highest BCUT2D eigenvalue weighted by atomic mass is 16.5. The van der Waals surface area contributed by atoms with Crippen LogP contribution >= 0.6 is 0 Å². The number of aliphatic hydroxyl groups excluding tert-OH is 1. The molecule has 3 N–H and O–H groups in total. The minimum Gasteiger partial charge on any atom is -0.489 e. The number of carbonyl (C=O) groups excluding carboxylic acids is 1. The Morgan fingerprint density at radius 1 is 1.26 bits per heavy atom. The van der Waals surface area contributed by atoms with Crippen LogP contribution in [0.15, 0.2) is 24.3 Å². The molecule has 1 rings (SSSR count). The lowest BCUT2D eigenvalue weighted by Crippen LogP contribution is -2.31. The maximum Gasteiger partial charge on any atom is 0.411 e. The molecule has 1 atom stereocenters. The Kier molecular flexibility index (Phi) is 9.09. The second-order valence-corrected chi connectivity index (χ2v) is 5.78. The summed E-state index contributed by atoms with van der Waals surface area (Å²) in [6.45, 7) is 7.84. The summed E-state index contributed by atoms with van der Waals surface area (Å²) < 4.78 is 10.7. The van der Waals surface area contributed by atoms with E-state index in [1.807, 2.05) is 19.9 Å². The first kappa shape index (κ1) is 19.3. The van der Waals surface area contributed by atoms with Gasteiger partial charge in [0.1, 0.15) is 18.5 Å². The van der Waals surface area contributed by atoms with E-state index in [2.05, 4.69) is 17.6 Å². The molecule has 1 aromatic rings. The van der Waals surface area contributed by atoms with Gasteiger partial charge in [0, 0.05) is 6.54 Å². The molecule has 1 aromatic carbocycles. The lowest BCUT2D eigenvalue weighted by Gasteiger charge is -2.16. The first-order chi connectivity index (χ1) is 11.0. The predicted molar refractivity (Wildman–Crippen MR) is 90.9 cm³/mol. The molecule has 0 saturated carbocycles. The minimum absolute atomic E-state index is 0.149. The normalized spacial score (nSPS) is 12.0. The van der Waals surface area contributed by atoms with Crippen LogP contribution in [0.3, 0.4) is 0 Å². The molecule has 6 heteroatoms. The Labute approximate surface area is 138 Å². The molecule has 130 valence electrons. The quantitative estimate of drug-likeness (QED) is 0.577. The number of hydrogen-bond donors (Lipinski definition) is 3. The van der Waals surface area contributed by atoms with Gasteiger partial charge >= 0.3 is 6.09 Å². The highest BCUT2D eigenvalue weighted by Crippen LogP contribution is 2.24. The molecule has 0 aliphatic rings.